The Labute approximate surface area is 179 Å². The normalized spacial score (nSPS) is 15.7. The van der Waals surface area contributed by atoms with Crippen molar-refractivity contribution in [3.63, 3.8) is 0 Å². The molecule has 2 aliphatic heterocycles. The summed E-state index contributed by atoms with van der Waals surface area (Å²) < 4.78 is 6.16. The van der Waals surface area contributed by atoms with Gasteiger partial charge in [0.25, 0.3) is 0 Å². The van der Waals surface area contributed by atoms with Gasteiger partial charge in [0, 0.05) is 26.2 Å². The van der Waals surface area contributed by atoms with Crippen molar-refractivity contribution in [3.05, 3.63) is 82.3 Å². The van der Waals surface area contributed by atoms with Crippen LogP contribution in [0.1, 0.15) is 5.56 Å². The Morgan fingerprint density at radius 2 is 1.41 bits per heavy atom. The van der Waals surface area contributed by atoms with E-state index in [9.17, 15) is 0 Å². The van der Waals surface area contributed by atoms with Crippen LogP contribution in [0.15, 0.2) is 71.7 Å². The van der Waals surface area contributed by atoms with Crippen LogP contribution >= 0.6 is 23.2 Å². The maximum atomic E-state index is 6.43. The summed E-state index contributed by atoms with van der Waals surface area (Å²) in [5, 5.41) is 1.20. The van der Waals surface area contributed by atoms with Crippen molar-refractivity contribution in [1.82, 2.24) is 4.90 Å². The van der Waals surface area contributed by atoms with Gasteiger partial charge >= 0.3 is 0 Å². The maximum absolute atomic E-state index is 6.43. The Balaban J connectivity index is 1.45. The van der Waals surface area contributed by atoms with Crippen molar-refractivity contribution < 1.29 is 4.74 Å². The smallest absolute Gasteiger partial charge is 0.153 e. The highest BCUT2D eigenvalue weighted by Gasteiger charge is 2.26. The van der Waals surface area contributed by atoms with Gasteiger partial charge < -0.3 is 14.5 Å². The zero-order valence-electron chi connectivity index (χ0n) is 15.7. The van der Waals surface area contributed by atoms with Crippen molar-refractivity contribution in [2.75, 3.05) is 31.1 Å². The van der Waals surface area contributed by atoms with E-state index in [2.05, 4.69) is 15.9 Å². The highest BCUT2D eigenvalue weighted by atomic mass is 35.5. The van der Waals surface area contributed by atoms with Crippen molar-refractivity contribution in [3.8, 4) is 11.5 Å². The van der Waals surface area contributed by atoms with Crippen LogP contribution in [-0.4, -0.2) is 36.9 Å². The average molecular weight is 424 g/mol. The lowest BCUT2D eigenvalue weighted by molar-refractivity contribution is 0.386. The van der Waals surface area contributed by atoms with Gasteiger partial charge in [0.2, 0.25) is 0 Å². The molecule has 0 N–H and O–H groups in total. The van der Waals surface area contributed by atoms with E-state index in [1.807, 2.05) is 60.7 Å². The molecular formula is C23H19Cl2N3O. The zero-order valence-corrected chi connectivity index (χ0v) is 17.2. The van der Waals surface area contributed by atoms with Crippen LogP contribution in [0.3, 0.4) is 0 Å². The van der Waals surface area contributed by atoms with E-state index in [0.29, 0.717) is 10.0 Å². The molecular weight excluding hydrogens is 405 g/mol. The van der Waals surface area contributed by atoms with Crippen LogP contribution in [0.25, 0.3) is 0 Å². The topological polar surface area (TPSA) is 28.1 Å². The molecule has 0 atom stereocenters. The Kier molecular flexibility index (Phi) is 4.82. The first kappa shape index (κ1) is 18.3. The summed E-state index contributed by atoms with van der Waals surface area (Å²) in [5.41, 5.74) is 2.84. The van der Waals surface area contributed by atoms with Crippen molar-refractivity contribution >= 4 is 40.4 Å². The number of rotatable bonds is 1. The van der Waals surface area contributed by atoms with Crippen molar-refractivity contribution in [1.29, 1.82) is 0 Å². The molecule has 1 fully saturated rings. The third kappa shape index (κ3) is 3.43. The molecule has 0 aliphatic carbocycles. The molecule has 6 heteroatoms. The minimum Gasteiger partial charge on any atom is -0.454 e. The molecule has 0 amide bonds. The van der Waals surface area contributed by atoms with E-state index in [-0.39, 0.29) is 0 Å². The van der Waals surface area contributed by atoms with Crippen LogP contribution in [0.2, 0.25) is 10.0 Å². The maximum Gasteiger partial charge on any atom is 0.153 e. The van der Waals surface area contributed by atoms with Gasteiger partial charge in [-0.15, -0.1) is 0 Å². The number of ether oxygens (including phenoxy) is 1. The van der Waals surface area contributed by atoms with Crippen LogP contribution in [-0.2, 0) is 0 Å². The molecule has 0 aromatic heterocycles. The van der Waals surface area contributed by atoms with Gasteiger partial charge in [-0.05, 0) is 36.4 Å². The fourth-order valence-electron chi connectivity index (χ4n) is 3.81. The molecule has 29 heavy (non-hydrogen) atoms. The first-order chi connectivity index (χ1) is 14.2. The van der Waals surface area contributed by atoms with Gasteiger partial charge in [0.15, 0.2) is 5.75 Å². The average Bonchev–Trinajstić information content (AvgIpc) is 2.93. The Morgan fingerprint density at radius 1 is 0.724 bits per heavy atom. The summed E-state index contributed by atoms with van der Waals surface area (Å²) in [6, 6.07) is 21.8. The second-order valence-corrected chi connectivity index (χ2v) is 7.83. The lowest BCUT2D eigenvalue weighted by atomic mass is 10.1. The molecule has 0 spiro atoms. The minimum absolute atomic E-state index is 0.586. The molecule has 5 rings (SSSR count). The predicted molar refractivity (Wildman–Crippen MR) is 119 cm³/mol. The van der Waals surface area contributed by atoms with Gasteiger partial charge in [-0.1, -0.05) is 53.5 Å². The quantitative estimate of drug-likeness (QED) is 0.480. The highest BCUT2D eigenvalue weighted by Crippen LogP contribution is 2.38. The van der Waals surface area contributed by atoms with E-state index >= 15 is 0 Å². The van der Waals surface area contributed by atoms with Gasteiger partial charge in [-0.3, -0.25) is 0 Å². The number of halogens is 2. The number of hydrogen-bond donors (Lipinski definition) is 0. The van der Waals surface area contributed by atoms with Crippen molar-refractivity contribution in [2.24, 2.45) is 4.99 Å². The summed E-state index contributed by atoms with van der Waals surface area (Å²) in [6.07, 6.45) is 0. The summed E-state index contributed by atoms with van der Waals surface area (Å²) in [5.74, 6) is 2.55. The standard InChI is InChI=1S/C23H19Cl2N3O/c24-17-7-5-9-19(22(17)25)27-12-14-28(15-13-27)23-16-6-1-3-10-20(16)29-21-11-4-2-8-18(21)26-23/h1-11H,12-15H2. The number of fused-ring (bicyclic) bond motifs is 2. The number of amidine groups is 1. The third-order valence-electron chi connectivity index (χ3n) is 5.29. The Hall–Kier alpha value is -2.69. The second-order valence-electron chi connectivity index (χ2n) is 7.05. The fourth-order valence-corrected chi connectivity index (χ4v) is 4.22. The summed E-state index contributed by atoms with van der Waals surface area (Å²) in [7, 11) is 0. The number of nitrogens with zero attached hydrogens (tertiary/aromatic N) is 3. The second kappa shape index (κ2) is 7.62. The van der Waals surface area contributed by atoms with E-state index in [1.54, 1.807) is 0 Å². The predicted octanol–water partition coefficient (Wildman–Crippen LogP) is 6.00. The SMILES string of the molecule is Clc1cccc(N2CCN(C3=Nc4ccccc4Oc4ccccc43)CC2)c1Cl. The molecule has 3 aromatic carbocycles. The van der Waals surface area contributed by atoms with Gasteiger partial charge in [-0.2, -0.15) is 0 Å². The summed E-state index contributed by atoms with van der Waals surface area (Å²) in [4.78, 5) is 9.58. The Morgan fingerprint density at radius 3 is 2.24 bits per heavy atom. The highest BCUT2D eigenvalue weighted by molar-refractivity contribution is 6.43. The van der Waals surface area contributed by atoms with E-state index in [1.165, 1.54) is 0 Å². The number of hydrogen-bond acceptors (Lipinski definition) is 4. The molecule has 4 nitrogen and oxygen atoms in total. The largest absolute Gasteiger partial charge is 0.454 e. The molecule has 0 saturated carbocycles. The molecule has 0 radical (unpaired) electrons. The molecule has 0 unspecified atom stereocenters. The lowest BCUT2D eigenvalue weighted by Gasteiger charge is -2.38. The Bertz CT molecular complexity index is 1090. The van der Waals surface area contributed by atoms with Crippen LogP contribution < -0.4 is 9.64 Å². The lowest BCUT2D eigenvalue weighted by Crippen LogP contribution is -2.49. The summed E-state index contributed by atoms with van der Waals surface area (Å²) in [6.45, 7) is 3.34. The molecule has 3 aromatic rings. The fraction of sp³-hybridized carbons (Fsp3) is 0.174. The van der Waals surface area contributed by atoms with E-state index in [4.69, 9.17) is 32.9 Å². The molecule has 2 heterocycles. The zero-order chi connectivity index (χ0) is 19.8. The number of aliphatic imine (C=N–C) groups is 1. The van der Waals surface area contributed by atoms with Gasteiger partial charge in [-0.25, -0.2) is 4.99 Å². The number of para-hydroxylation sites is 3. The van der Waals surface area contributed by atoms with Crippen LogP contribution in [0, 0.1) is 0 Å². The van der Waals surface area contributed by atoms with Crippen molar-refractivity contribution in [2.45, 2.75) is 0 Å². The van der Waals surface area contributed by atoms with Crippen LogP contribution in [0.4, 0.5) is 11.4 Å². The van der Waals surface area contributed by atoms with E-state index < -0.39 is 0 Å². The number of piperazine rings is 1. The molecule has 2 aliphatic rings. The van der Waals surface area contributed by atoms with Gasteiger partial charge in [0.05, 0.1) is 21.3 Å². The first-order valence-electron chi connectivity index (χ1n) is 9.59. The van der Waals surface area contributed by atoms with E-state index in [0.717, 1.165) is 60.5 Å². The molecule has 0 bridgehead atoms. The first-order valence-corrected chi connectivity index (χ1v) is 10.4. The minimum atomic E-state index is 0.586. The number of benzene rings is 3. The monoisotopic (exact) mass is 423 g/mol. The molecule has 1 saturated heterocycles. The van der Waals surface area contributed by atoms with Gasteiger partial charge in [0.1, 0.15) is 17.3 Å². The third-order valence-corrected chi connectivity index (χ3v) is 6.10. The summed E-state index contributed by atoms with van der Waals surface area (Å²) >= 11 is 12.6. The van der Waals surface area contributed by atoms with Crippen LogP contribution in [0.5, 0.6) is 11.5 Å². The molecule has 146 valence electrons. The number of anilines is 1.